The minimum atomic E-state index is -5.34. The van der Waals surface area contributed by atoms with E-state index in [-0.39, 0.29) is 6.42 Å². The Hall–Kier alpha value is -0.810. The van der Waals surface area contributed by atoms with Gasteiger partial charge in [-0.15, -0.1) is 0 Å². The Bertz CT molecular complexity index is 177. The van der Waals surface area contributed by atoms with Crippen LogP contribution in [0.4, 0.5) is 17.6 Å². The first-order valence-electron chi connectivity index (χ1n) is 3.24. The van der Waals surface area contributed by atoms with Crippen LogP contribution in [0.15, 0.2) is 0 Å². The lowest BCUT2D eigenvalue weighted by molar-refractivity contribution is -0.237. The maximum atomic E-state index is 12.7. The summed E-state index contributed by atoms with van der Waals surface area (Å²) < 4.78 is 48.1. The van der Waals surface area contributed by atoms with Crippen molar-refractivity contribution in [2.75, 3.05) is 0 Å². The molecule has 0 aromatic carbocycles. The molecule has 72 valence electrons. The monoisotopic (exact) mass is 188 g/mol. The van der Waals surface area contributed by atoms with Crippen molar-refractivity contribution in [3.63, 3.8) is 0 Å². The van der Waals surface area contributed by atoms with Crippen LogP contribution >= 0.6 is 0 Å². The quantitative estimate of drug-likeness (QED) is 0.689. The third-order valence-electron chi connectivity index (χ3n) is 1.38. The van der Waals surface area contributed by atoms with Crippen LogP contribution in [-0.2, 0) is 4.79 Å². The molecule has 1 unspecified atom stereocenters. The molecular weight excluding hydrogens is 180 g/mol. The fraction of sp³-hybridized carbons (Fsp3) is 0.833. The molecule has 0 heterocycles. The summed E-state index contributed by atoms with van der Waals surface area (Å²) in [4.78, 5) is 9.96. The van der Waals surface area contributed by atoms with Crippen LogP contribution < -0.4 is 0 Å². The zero-order valence-corrected chi connectivity index (χ0v) is 6.28. The van der Waals surface area contributed by atoms with Crippen LogP contribution in [0.5, 0.6) is 0 Å². The Morgan fingerprint density at radius 3 is 1.83 bits per heavy atom. The Balaban J connectivity index is 4.75. The van der Waals surface area contributed by atoms with Gasteiger partial charge in [0, 0.05) is 6.42 Å². The number of rotatable bonds is 3. The van der Waals surface area contributed by atoms with Gasteiger partial charge in [0.15, 0.2) is 0 Å². The van der Waals surface area contributed by atoms with Crippen molar-refractivity contribution in [1.82, 2.24) is 0 Å². The lowest BCUT2D eigenvalue weighted by Gasteiger charge is -2.22. The topological polar surface area (TPSA) is 37.3 Å². The normalized spacial score (nSPS) is 17.1. The fourth-order valence-corrected chi connectivity index (χ4v) is 0.714. The van der Waals surface area contributed by atoms with E-state index in [1.165, 1.54) is 6.92 Å². The Morgan fingerprint density at radius 1 is 1.33 bits per heavy atom. The van der Waals surface area contributed by atoms with Gasteiger partial charge in [-0.3, -0.25) is 0 Å². The van der Waals surface area contributed by atoms with Crippen LogP contribution in [0.2, 0.25) is 0 Å². The molecule has 0 aliphatic carbocycles. The Morgan fingerprint density at radius 2 is 1.75 bits per heavy atom. The first kappa shape index (κ1) is 11.2. The summed E-state index contributed by atoms with van der Waals surface area (Å²) in [7, 11) is 0. The highest BCUT2D eigenvalue weighted by molar-refractivity contribution is 5.78. The van der Waals surface area contributed by atoms with Gasteiger partial charge in [-0.1, -0.05) is 13.3 Å². The number of carboxylic acids is 1. The third-order valence-corrected chi connectivity index (χ3v) is 1.38. The van der Waals surface area contributed by atoms with E-state index in [0.29, 0.717) is 0 Å². The van der Waals surface area contributed by atoms with Gasteiger partial charge in [0.2, 0.25) is 0 Å². The number of aliphatic carboxylic acids is 1. The molecule has 0 aromatic rings. The average molecular weight is 188 g/mol. The van der Waals surface area contributed by atoms with Gasteiger partial charge < -0.3 is 5.11 Å². The molecule has 1 atom stereocenters. The summed E-state index contributed by atoms with van der Waals surface area (Å²) in [5.41, 5.74) is -4.10. The van der Waals surface area contributed by atoms with Crippen molar-refractivity contribution in [1.29, 1.82) is 0 Å². The van der Waals surface area contributed by atoms with E-state index < -0.39 is 24.2 Å². The molecule has 12 heavy (non-hydrogen) atoms. The number of hydrogen-bond acceptors (Lipinski definition) is 1. The minimum absolute atomic E-state index is 0.178. The van der Waals surface area contributed by atoms with Crippen molar-refractivity contribution in [3.05, 3.63) is 0 Å². The fourth-order valence-electron chi connectivity index (χ4n) is 0.714. The molecule has 0 aliphatic heterocycles. The highest BCUT2D eigenvalue weighted by Gasteiger charge is 2.61. The molecule has 2 nitrogen and oxygen atoms in total. The van der Waals surface area contributed by atoms with Gasteiger partial charge in [-0.25, -0.2) is 9.18 Å². The lowest BCUT2D eigenvalue weighted by atomic mass is 10.00. The third kappa shape index (κ3) is 1.86. The molecule has 0 radical (unpaired) electrons. The summed E-state index contributed by atoms with van der Waals surface area (Å²) >= 11 is 0. The maximum Gasteiger partial charge on any atom is 0.433 e. The molecule has 0 aromatic heterocycles. The van der Waals surface area contributed by atoms with Crippen LogP contribution in [-0.4, -0.2) is 22.9 Å². The molecular formula is C6H8F4O2. The predicted octanol–water partition coefficient (Wildman–Crippen LogP) is 2.14. The summed E-state index contributed by atoms with van der Waals surface area (Å²) in [6.07, 6.45) is -6.57. The zero-order valence-electron chi connectivity index (χ0n) is 6.28. The largest absolute Gasteiger partial charge is 0.479 e. The highest BCUT2D eigenvalue weighted by Crippen LogP contribution is 2.37. The van der Waals surface area contributed by atoms with Crippen LogP contribution in [0, 0.1) is 0 Å². The van der Waals surface area contributed by atoms with E-state index >= 15 is 0 Å². The standard InChI is InChI=1S/C6H8F4O2/c1-2-3-5(7,4(11)12)6(8,9)10/h2-3H2,1H3,(H,11,12). The molecule has 1 N–H and O–H groups in total. The van der Waals surface area contributed by atoms with E-state index in [4.69, 9.17) is 5.11 Å². The van der Waals surface area contributed by atoms with Crippen molar-refractivity contribution >= 4 is 5.97 Å². The number of carboxylic acid groups (broad SMARTS) is 1. The van der Waals surface area contributed by atoms with E-state index in [9.17, 15) is 22.4 Å². The molecule has 0 bridgehead atoms. The SMILES string of the molecule is CCCC(F)(C(=O)O)C(F)(F)F. The number of carbonyl (C=O) groups is 1. The summed E-state index contributed by atoms with van der Waals surface area (Å²) in [5, 5.41) is 8.00. The first-order chi connectivity index (χ1) is 5.25. The molecule has 0 aliphatic rings. The van der Waals surface area contributed by atoms with Crippen molar-refractivity contribution in [2.45, 2.75) is 31.6 Å². The maximum absolute atomic E-state index is 12.7. The molecule has 0 saturated carbocycles. The molecule has 0 fully saturated rings. The predicted molar refractivity (Wildman–Crippen MR) is 32.4 cm³/mol. The summed E-state index contributed by atoms with van der Waals surface area (Å²) in [5.74, 6) is -2.48. The Kier molecular flexibility index (Phi) is 3.06. The van der Waals surface area contributed by atoms with Gasteiger partial charge in [-0.2, -0.15) is 13.2 Å². The minimum Gasteiger partial charge on any atom is -0.479 e. The zero-order chi connectivity index (χ0) is 9.99. The van der Waals surface area contributed by atoms with Gasteiger partial charge >= 0.3 is 17.8 Å². The number of alkyl halides is 4. The van der Waals surface area contributed by atoms with Crippen molar-refractivity contribution in [3.8, 4) is 0 Å². The van der Waals surface area contributed by atoms with Gasteiger partial charge in [0.25, 0.3) is 0 Å². The molecule has 0 saturated heterocycles. The second-order valence-electron chi connectivity index (χ2n) is 2.35. The van der Waals surface area contributed by atoms with Gasteiger partial charge in [-0.05, 0) is 0 Å². The van der Waals surface area contributed by atoms with Crippen LogP contribution in [0.1, 0.15) is 19.8 Å². The van der Waals surface area contributed by atoms with E-state index in [0.717, 1.165) is 0 Å². The van der Waals surface area contributed by atoms with Crippen molar-refractivity contribution in [2.24, 2.45) is 0 Å². The van der Waals surface area contributed by atoms with Crippen LogP contribution in [0.3, 0.4) is 0 Å². The van der Waals surface area contributed by atoms with Gasteiger partial charge in [0.05, 0.1) is 0 Å². The number of hydrogen-bond donors (Lipinski definition) is 1. The molecule has 6 heteroatoms. The molecule has 0 amide bonds. The van der Waals surface area contributed by atoms with E-state index in [2.05, 4.69) is 0 Å². The summed E-state index contributed by atoms with van der Waals surface area (Å²) in [6.45, 7) is 1.28. The second-order valence-corrected chi connectivity index (χ2v) is 2.35. The van der Waals surface area contributed by atoms with Crippen molar-refractivity contribution < 1.29 is 27.5 Å². The highest BCUT2D eigenvalue weighted by atomic mass is 19.4. The summed E-state index contributed by atoms with van der Waals surface area (Å²) in [6, 6.07) is 0. The smallest absolute Gasteiger partial charge is 0.433 e. The average Bonchev–Trinajstić information content (AvgIpc) is 1.85. The first-order valence-corrected chi connectivity index (χ1v) is 3.24. The lowest BCUT2D eigenvalue weighted by Crippen LogP contribution is -2.47. The number of halogens is 4. The van der Waals surface area contributed by atoms with Crippen LogP contribution in [0.25, 0.3) is 0 Å². The molecule has 0 rings (SSSR count). The van der Waals surface area contributed by atoms with E-state index in [1.807, 2.05) is 0 Å². The van der Waals surface area contributed by atoms with Gasteiger partial charge in [0.1, 0.15) is 0 Å². The Labute approximate surface area is 66.2 Å². The van der Waals surface area contributed by atoms with E-state index in [1.54, 1.807) is 0 Å². The molecule has 0 spiro atoms. The second kappa shape index (κ2) is 3.28.